The molecule has 1 N–H and O–H groups in total. The van der Waals surface area contributed by atoms with Crippen molar-refractivity contribution in [3.8, 4) is 0 Å². The van der Waals surface area contributed by atoms with Gasteiger partial charge in [0.2, 0.25) is 0 Å². The smallest absolute Gasteiger partial charge is 0.0461 e. The van der Waals surface area contributed by atoms with Gasteiger partial charge in [-0.15, -0.1) is 0 Å². The fourth-order valence-corrected chi connectivity index (χ4v) is 1.78. The van der Waals surface area contributed by atoms with Crippen molar-refractivity contribution in [2.75, 3.05) is 0 Å². The van der Waals surface area contributed by atoms with Crippen molar-refractivity contribution >= 4 is 32.9 Å². The molecule has 1 aromatic heterocycles. The molecule has 76 valence electrons. The molecule has 0 bridgehead atoms. The fourth-order valence-electron chi connectivity index (χ4n) is 1.64. The van der Waals surface area contributed by atoms with E-state index in [0.29, 0.717) is 0 Å². The van der Waals surface area contributed by atoms with Crippen LogP contribution in [-0.2, 0) is 0 Å². The maximum absolute atomic E-state index is 3.77. The Morgan fingerprint density at radius 2 is 2.13 bits per heavy atom. The fraction of sp³-hybridized carbons (Fsp3) is 0.0769. The second kappa shape index (κ2) is 4.07. The summed E-state index contributed by atoms with van der Waals surface area (Å²) in [7, 11) is 0. The zero-order valence-corrected chi connectivity index (χ0v) is 10.1. The van der Waals surface area contributed by atoms with Crippen molar-refractivity contribution in [2.45, 2.75) is 6.92 Å². The maximum atomic E-state index is 3.77. The highest BCUT2D eigenvalue weighted by Gasteiger charge is 2.03. The number of aromatic nitrogens is 1. The minimum absolute atomic E-state index is 0.876. The van der Waals surface area contributed by atoms with Gasteiger partial charge in [0.1, 0.15) is 0 Å². The lowest BCUT2D eigenvalue weighted by Gasteiger charge is -1.90. The van der Waals surface area contributed by atoms with Crippen LogP contribution in [0.5, 0.6) is 0 Å². The second-order valence-corrected chi connectivity index (χ2v) is 4.51. The van der Waals surface area contributed by atoms with Crippen LogP contribution in [0.15, 0.2) is 41.4 Å². The first-order valence-corrected chi connectivity index (χ1v) is 5.57. The summed E-state index contributed by atoms with van der Waals surface area (Å²) < 4.78 is 0.876. The minimum Gasteiger partial charge on any atom is -0.355 e. The van der Waals surface area contributed by atoms with Gasteiger partial charge in [0.05, 0.1) is 0 Å². The number of rotatable bonds is 2. The molecule has 2 rings (SSSR count). The average molecular weight is 262 g/mol. The molecule has 0 spiro atoms. The van der Waals surface area contributed by atoms with Crippen molar-refractivity contribution in [3.63, 3.8) is 0 Å². The molecule has 1 aromatic carbocycles. The van der Waals surface area contributed by atoms with Gasteiger partial charge in [0.25, 0.3) is 0 Å². The molecular weight excluding hydrogens is 250 g/mol. The summed E-state index contributed by atoms with van der Waals surface area (Å²) in [5, 5.41) is 1.28. The van der Waals surface area contributed by atoms with Crippen LogP contribution < -0.4 is 0 Å². The lowest BCUT2D eigenvalue weighted by atomic mass is 10.1. The van der Waals surface area contributed by atoms with Gasteiger partial charge < -0.3 is 4.98 Å². The van der Waals surface area contributed by atoms with Crippen LogP contribution in [0.4, 0.5) is 0 Å². The summed E-state index contributed by atoms with van der Waals surface area (Å²) in [6.45, 7) is 5.89. The highest BCUT2D eigenvalue weighted by molar-refractivity contribution is 9.11. The SMILES string of the molecule is C=C(Br)/C=C\c1[nH]c2ccccc2c1C. The van der Waals surface area contributed by atoms with Crippen molar-refractivity contribution in [1.29, 1.82) is 0 Å². The number of hydrogen-bond donors (Lipinski definition) is 1. The van der Waals surface area contributed by atoms with Crippen LogP contribution in [0.1, 0.15) is 11.3 Å². The Morgan fingerprint density at radius 1 is 1.40 bits per heavy atom. The van der Waals surface area contributed by atoms with Gasteiger partial charge in [-0.05, 0) is 30.7 Å². The molecule has 0 aliphatic heterocycles. The van der Waals surface area contributed by atoms with Crippen LogP contribution in [-0.4, -0.2) is 4.98 Å². The molecule has 0 aliphatic carbocycles. The average Bonchev–Trinajstić information content (AvgIpc) is 2.54. The van der Waals surface area contributed by atoms with E-state index in [0.717, 1.165) is 10.2 Å². The van der Waals surface area contributed by atoms with E-state index in [9.17, 15) is 0 Å². The van der Waals surface area contributed by atoms with Gasteiger partial charge in [0, 0.05) is 21.1 Å². The summed E-state index contributed by atoms with van der Waals surface area (Å²) in [5.74, 6) is 0. The van der Waals surface area contributed by atoms with E-state index in [4.69, 9.17) is 0 Å². The number of para-hydroxylation sites is 1. The lowest BCUT2D eigenvalue weighted by molar-refractivity contribution is 1.38. The van der Waals surface area contributed by atoms with Gasteiger partial charge in [-0.2, -0.15) is 0 Å². The Balaban J connectivity index is 2.53. The zero-order chi connectivity index (χ0) is 10.8. The Hall–Kier alpha value is -1.28. The molecule has 0 saturated heterocycles. The molecule has 1 heterocycles. The third-order valence-electron chi connectivity index (χ3n) is 2.44. The number of aryl methyl sites for hydroxylation is 1. The zero-order valence-electron chi connectivity index (χ0n) is 8.55. The van der Waals surface area contributed by atoms with Crippen molar-refractivity contribution < 1.29 is 0 Å². The van der Waals surface area contributed by atoms with E-state index < -0.39 is 0 Å². The largest absolute Gasteiger partial charge is 0.355 e. The molecule has 15 heavy (non-hydrogen) atoms. The maximum Gasteiger partial charge on any atom is 0.0461 e. The number of nitrogens with one attached hydrogen (secondary N) is 1. The van der Waals surface area contributed by atoms with Gasteiger partial charge >= 0.3 is 0 Å². The van der Waals surface area contributed by atoms with Crippen LogP contribution in [0.2, 0.25) is 0 Å². The number of H-pyrrole nitrogens is 1. The Bertz CT molecular complexity index is 534. The van der Waals surface area contributed by atoms with Crippen LogP contribution >= 0.6 is 15.9 Å². The van der Waals surface area contributed by atoms with Crippen LogP contribution in [0, 0.1) is 6.92 Å². The van der Waals surface area contributed by atoms with E-state index in [1.807, 2.05) is 18.2 Å². The number of halogens is 1. The molecule has 0 atom stereocenters. The number of aromatic amines is 1. The normalized spacial score (nSPS) is 11.3. The van der Waals surface area contributed by atoms with Crippen molar-refractivity contribution in [3.05, 3.63) is 52.7 Å². The van der Waals surface area contributed by atoms with Crippen molar-refractivity contribution in [2.24, 2.45) is 0 Å². The summed E-state index contributed by atoms with van der Waals surface area (Å²) in [5.41, 5.74) is 3.59. The predicted octanol–water partition coefficient (Wildman–Crippen LogP) is 4.40. The first-order chi connectivity index (χ1) is 7.18. The monoisotopic (exact) mass is 261 g/mol. The lowest BCUT2D eigenvalue weighted by Crippen LogP contribution is -1.74. The summed E-state index contributed by atoms with van der Waals surface area (Å²) in [4.78, 5) is 3.37. The third kappa shape index (κ3) is 2.05. The summed E-state index contributed by atoms with van der Waals surface area (Å²) in [6.07, 6.45) is 3.98. The molecule has 0 aliphatic rings. The molecule has 0 saturated carbocycles. The van der Waals surface area contributed by atoms with E-state index in [1.165, 1.54) is 16.5 Å². The Morgan fingerprint density at radius 3 is 2.80 bits per heavy atom. The molecule has 0 radical (unpaired) electrons. The van der Waals surface area contributed by atoms with Crippen LogP contribution in [0.25, 0.3) is 17.0 Å². The molecular formula is C13H12BrN. The van der Waals surface area contributed by atoms with E-state index in [1.54, 1.807) is 0 Å². The standard InChI is InChI=1S/C13H12BrN/c1-9(14)7-8-12-10(2)11-5-3-4-6-13(11)15-12/h3-8,15H,1H2,2H3/b8-7-. The van der Waals surface area contributed by atoms with Gasteiger partial charge in [-0.25, -0.2) is 0 Å². The quantitative estimate of drug-likeness (QED) is 0.772. The second-order valence-electron chi connectivity index (χ2n) is 3.49. The first kappa shape index (κ1) is 10.2. The van der Waals surface area contributed by atoms with Gasteiger partial charge in [-0.1, -0.05) is 40.7 Å². The van der Waals surface area contributed by atoms with E-state index in [-0.39, 0.29) is 0 Å². The third-order valence-corrected chi connectivity index (χ3v) is 2.70. The number of fused-ring (bicyclic) bond motifs is 1. The van der Waals surface area contributed by atoms with Gasteiger partial charge in [0.15, 0.2) is 0 Å². The molecule has 0 amide bonds. The van der Waals surface area contributed by atoms with Gasteiger partial charge in [-0.3, -0.25) is 0 Å². The number of allylic oxidation sites excluding steroid dienone is 2. The molecule has 2 aromatic rings. The first-order valence-electron chi connectivity index (χ1n) is 4.78. The summed E-state index contributed by atoms with van der Waals surface area (Å²) >= 11 is 3.31. The van der Waals surface area contributed by atoms with E-state index in [2.05, 4.69) is 52.6 Å². The molecule has 0 unspecified atom stereocenters. The van der Waals surface area contributed by atoms with E-state index >= 15 is 0 Å². The topological polar surface area (TPSA) is 15.8 Å². The van der Waals surface area contributed by atoms with Crippen molar-refractivity contribution in [1.82, 2.24) is 4.98 Å². The summed E-state index contributed by atoms with van der Waals surface area (Å²) in [6, 6.07) is 8.30. The Kier molecular flexibility index (Phi) is 2.78. The molecule has 2 heteroatoms. The minimum atomic E-state index is 0.876. The van der Waals surface area contributed by atoms with Crippen LogP contribution in [0.3, 0.4) is 0 Å². The molecule has 0 fully saturated rings. The number of hydrogen-bond acceptors (Lipinski definition) is 0. The highest BCUT2D eigenvalue weighted by Crippen LogP contribution is 2.22. The number of benzene rings is 1. The Labute approximate surface area is 97.6 Å². The highest BCUT2D eigenvalue weighted by atomic mass is 79.9. The molecule has 1 nitrogen and oxygen atoms in total. The predicted molar refractivity (Wildman–Crippen MR) is 70.1 cm³/mol.